The number of benzene rings is 1. The summed E-state index contributed by atoms with van der Waals surface area (Å²) in [7, 11) is -3.90. The normalized spacial score (nSPS) is 13.5. The lowest BCUT2D eigenvalue weighted by Gasteiger charge is -2.13. The Morgan fingerprint density at radius 2 is 1.97 bits per heavy atom. The van der Waals surface area contributed by atoms with Crippen molar-refractivity contribution in [2.45, 2.75) is 24.6 Å². The van der Waals surface area contributed by atoms with Gasteiger partial charge >= 0.3 is 0 Å². The van der Waals surface area contributed by atoms with E-state index >= 15 is 0 Å². The van der Waals surface area contributed by atoms with Crippen molar-refractivity contribution in [3.8, 4) is 0 Å². The Kier molecular flexibility index (Phi) is 6.26. The molecule has 0 fully saturated rings. The highest BCUT2D eigenvalue weighted by Gasteiger charge is 2.34. The van der Waals surface area contributed by atoms with E-state index in [4.69, 9.17) is 4.42 Å². The number of furan rings is 1. The maximum absolute atomic E-state index is 13.0. The molecular weight excluding hydrogens is 450 g/mol. The third-order valence-electron chi connectivity index (χ3n) is 4.97. The summed E-state index contributed by atoms with van der Waals surface area (Å²) >= 11 is 1.32. The molecule has 0 spiro atoms. The van der Waals surface area contributed by atoms with Crippen LogP contribution in [-0.2, 0) is 34.3 Å². The molecule has 3 aromatic rings. The van der Waals surface area contributed by atoms with Crippen molar-refractivity contribution in [2.75, 3.05) is 11.9 Å². The van der Waals surface area contributed by atoms with Crippen molar-refractivity contribution < 1.29 is 22.4 Å². The van der Waals surface area contributed by atoms with Crippen LogP contribution in [0.2, 0.25) is 0 Å². The number of thiophene rings is 1. The second kappa shape index (κ2) is 9.11. The first-order valence-electron chi connectivity index (χ1n) is 9.82. The van der Waals surface area contributed by atoms with Gasteiger partial charge in [-0.25, -0.2) is 8.42 Å². The number of carbonyl (C=O) groups is 2. The summed E-state index contributed by atoms with van der Waals surface area (Å²) in [6.07, 6.45) is 2.99. The predicted octanol–water partition coefficient (Wildman–Crippen LogP) is 3.14. The zero-order chi connectivity index (χ0) is 22.7. The largest absolute Gasteiger partial charge is 0.451 e. The number of amides is 2. The van der Waals surface area contributed by atoms with Gasteiger partial charge < -0.3 is 15.1 Å². The Balaban J connectivity index is 1.37. The van der Waals surface area contributed by atoms with E-state index in [1.807, 2.05) is 30.3 Å². The summed E-state index contributed by atoms with van der Waals surface area (Å²) in [5, 5.41) is 5.82. The van der Waals surface area contributed by atoms with Crippen molar-refractivity contribution >= 4 is 38.2 Å². The molecule has 1 aliphatic rings. The van der Waals surface area contributed by atoms with Crippen LogP contribution in [0.4, 0.5) is 5.00 Å². The third-order valence-corrected chi connectivity index (χ3v) is 7.71. The lowest BCUT2D eigenvalue weighted by Crippen LogP contribution is -2.26. The molecule has 0 aliphatic carbocycles. The molecule has 32 heavy (non-hydrogen) atoms. The van der Waals surface area contributed by atoms with E-state index in [0.29, 0.717) is 18.0 Å². The van der Waals surface area contributed by atoms with Gasteiger partial charge in [0.15, 0.2) is 0 Å². The molecule has 2 N–H and O–H groups in total. The first kappa shape index (κ1) is 22.0. The molecule has 0 unspecified atom stereocenters. The summed E-state index contributed by atoms with van der Waals surface area (Å²) in [5.41, 5.74) is 2.07. The first-order chi connectivity index (χ1) is 15.4. The molecule has 10 heteroatoms. The Bertz CT molecular complexity index is 1240. The lowest BCUT2D eigenvalue weighted by atomic mass is 10.1. The zero-order valence-electron chi connectivity index (χ0n) is 17.0. The predicted molar refractivity (Wildman–Crippen MR) is 121 cm³/mol. The summed E-state index contributed by atoms with van der Waals surface area (Å²) in [5.74, 6) is -0.714. The molecule has 0 saturated carbocycles. The van der Waals surface area contributed by atoms with Gasteiger partial charge in [-0.2, -0.15) is 4.31 Å². The summed E-state index contributed by atoms with van der Waals surface area (Å²) < 4.78 is 32.5. The number of anilines is 1. The fourth-order valence-corrected chi connectivity index (χ4v) is 5.79. The molecule has 4 rings (SSSR count). The third kappa shape index (κ3) is 4.67. The highest BCUT2D eigenvalue weighted by Crippen LogP contribution is 2.37. The molecule has 1 aliphatic heterocycles. The molecule has 0 bridgehead atoms. The van der Waals surface area contributed by atoms with Crippen molar-refractivity contribution in [1.29, 1.82) is 0 Å². The molecule has 2 aromatic heterocycles. The maximum Gasteiger partial charge on any atom is 0.277 e. The molecule has 0 atom stereocenters. The van der Waals surface area contributed by atoms with E-state index < -0.39 is 15.9 Å². The Labute approximate surface area is 189 Å². The number of hydrogen-bond acceptors (Lipinski definition) is 6. The minimum absolute atomic E-state index is 0.153. The maximum atomic E-state index is 13.0. The minimum Gasteiger partial charge on any atom is -0.451 e. The highest BCUT2D eigenvalue weighted by molar-refractivity contribution is 7.89. The average molecular weight is 472 g/mol. The summed E-state index contributed by atoms with van der Waals surface area (Å²) in [4.78, 5) is 24.6. The smallest absolute Gasteiger partial charge is 0.277 e. The second-order valence-corrected chi connectivity index (χ2v) is 10.2. The Morgan fingerprint density at radius 3 is 2.69 bits per heavy atom. The number of carbonyl (C=O) groups excluding carboxylic acids is 2. The van der Waals surface area contributed by atoms with Crippen molar-refractivity contribution in [2.24, 2.45) is 0 Å². The summed E-state index contributed by atoms with van der Waals surface area (Å²) in [6.45, 7) is 4.17. The standard InChI is InChI=1S/C22H21N3O5S2/c1-2-19(26)24-20-10-16-12-25(13-18(16)31-20)32(28,29)21-11-17(14-30-21)22(27)23-9-8-15-6-4-3-5-7-15/h2-7,10-11,14H,1,8-9,12-13H2,(H,23,27)(H,24,26). The van der Waals surface area contributed by atoms with Crippen molar-refractivity contribution in [3.05, 3.63) is 83.0 Å². The number of nitrogens with zero attached hydrogens (tertiary/aromatic N) is 1. The van der Waals surface area contributed by atoms with Gasteiger partial charge in [0.05, 0.1) is 10.6 Å². The van der Waals surface area contributed by atoms with E-state index in [2.05, 4.69) is 17.2 Å². The van der Waals surface area contributed by atoms with Crippen LogP contribution in [0.3, 0.4) is 0 Å². The molecule has 0 radical (unpaired) electrons. The molecule has 166 valence electrons. The Morgan fingerprint density at radius 1 is 1.19 bits per heavy atom. The van der Waals surface area contributed by atoms with Crippen LogP contribution < -0.4 is 10.6 Å². The molecule has 2 amide bonds. The van der Waals surface area contributed by atoms with Crippen LogP contribution in [0.1, 0.15) is 26.4 Å². The molecule has 1 aromatic carbocycles. The summed E-state index contributed by atoms with van der Waals surface area (Å²) in [6, 6.07) is 12.7. The second-order valence-electron chi connectivity index (χ2n) is 7.17. The fraction of sp³-hybridized carbons (Fsp3) is 0.182. The number of rotatable bonds is 8. The number of nitrogens with one attached hydrogen (secondary N) is 2. The van der Waals surface area contributed by atoms with Crippen molar-refractivity contribution in [1.82, 2.24) is 9.62 Å². The molecule has 0 saturated heterocycles. The van der Waals surface area contributed by atoms with Gasteiger partial charge in [0.1, 0.15) is 6.26 Å². The fourth-order valence-electron chi connectivity index (χ4n) is 3.31. The van der Waals surface area contributed by atoms with Gasteiger partial charge in [0, 0.05) is 30.6 Å². The zero-order valence-corrected chi connectivity index (χ0v) is 18.7. The average Bonchev–Trinajstić information content (AvgIpc) is 3.50. The van der Waals surface area contributed by atoms with Crippen molar-refractivity contribution in [3.63, 3.8) is 0 Å². The van der Waals surface area contributed by atoms with E-state index in [-0.39, 0.29) is 29.7 Å². The quantitative estimate of drug-likeness (QED) is 0.491. The SMILES string of the molecule is C=CC(=O)Nc1cc2c(s1)CN(S(=O)(=O)c1cc(C(=O)NCCc3ccccc3)co1)C2. The van der Waals surface area contributed by atoms with Gasteiger partial charge in [0.25, 0.3) is 15.9 Å². The van der Waals surface area contributed by atoms with Crippen LogP contribution >= 0.6 is 11.3 Å². The minimum atomic E-state index is -3.90. The van der Waals surface area contributed by atoms with Gasteiger partial charge in [0.2, 0.25) is 11.0 Å². The lowest BCUT2D eigenvalue weighted by molar-refractivity contribution is -0.111. The molecule has 3 heterocycles. The van der Waals surface area contributed by atoms with E-state index in [1.54, 1.807) is 6.07 Å². The highest BCUT2D eigenvalue weighted by atomic mass is 32.2. The van der Waals surface area contributed by atoms with Crippen LogP contribution in [0.15, 0.2) is 70.9 Å². The van der Waals surface area contributed by atoms with E-state index in [9.17, 15) is 18.0 Å². The van der Waals surface area contributed by atoms with Crippen LogP contribution in [0.5, 0.6) is 0 Å². The molecule has 8 nitrogen and oxygen atoms in total. The Hall–Kier alpha value is -3.21. The van der Waals surface area contributed by atoms with E-state index in [1.165, 1.54) is 27.8 Å². The van der Waals surface area contributed by atoms with Gasteiger partial charge in [-0.3, -0.25) is 9.59 Å². The number of fused-ring (bicyclic) bond motifs is 1. The van der Waals surface area contributed by atoms with Gasteiger partial charge in [-0.15, -0.1) is 11.3 Å². The first-order valence-corrected chi connectivity index (χ1v) is 12.1. The van der Waals surface area contributed by atoms with E-state index in [0.717, 1.165) is 22.3 Å². The monoisotopic (exact) mass is 471 g/mol. The number of hydrogen-bond donors (Lipinski definition) is 2. The van der Waals surface area contributed by atoms with Gasteiger partial charge in [-0.05, 0) is 29.7 Å². The number of sulfonamides is 1. The topological polar surface area (TPSA) is 109 Å². The van der Waals surface area contributed by atoms with Crippen LogP contribution in [0.25, 0.3) is 0 Å². The molecular formula is C22H21N3O5S2. The van der Waals surface area contributed by atoms with Crippen LogP contribution in [-0.4, -0.2) is 31.1 Å². The van der Waals surface area contributed by atoms with Crippen LogP contribution in [0, 0.1) is 0 Å². The van der Waals surface area contributed by atoms with Gasteiger partial charge in [-0.1, -0.05) is 36.9 Å².